The SMILES string of the molecule is COc1ccc(-c2ccc(CN3C(=O)CCS(=O)c4ccc(-c5noc(C(C)(C)C)n5)cc43)cc2)cc1. The van der Waals surface area contributed by atoms with E-state index in [-0.39, 0.29) is 17.7 Å². The zero-order chi connectivity index (χ0) is 26.2. The van der Waals surface area contributed by atoms with Crippen molar-refractivity contribution in [3.8, 4) is 28.3 Å². The minimum absolute atomic E-state index is 0.0630. The summed E-state index contributed by atoms with van der Waals surface area (Å²) in [4.78, 5) is 20.1. The Morgan fingerprint density at radius 1 is 0.973 bits per heavy atom. The minimum atomic E-state index is -1.27. The molecule has 7 nitrogen and oxygen atoms in total. The van der Waals surface area contributed by atoms with Crippen molar-refractivity contribution in [3.63, 3.8) is 0 Å². The molecule has 2 heterocycles. The van der Waals surface area contributed by atoms with E-state index in [0.717, 1.165) is 22.4 Å². The Balaban J connectivity index is 1.46. The normalized spacial score (nSPS) is 15.8. The molecule has 0 aliphatic carbocycles. The number of carbonyl (C=O) groups excluding carboxylic acids is 1. The molecule has 0 spiro atoms. The van der Waals surface area contributed by atoms with Gasteiger partial charge in [-0.1, -0.05) is 62.3 Å². The lowest BCUT2D eigenvalue weighted by atomic mass is 9.97. The maximum absolute atomic E-state index is 13.2. The summed E-state index contributed by atoms with van der Waals surface area (Å²) >= 11 is 0. The number of nitrogens with zero attached hydrogens (tertiary/aromatic N) is 3. The van der Waals surface area contributed by atoms with E-state index in [1.807, 2.05) is 87.5 Å². The van der Waals surface area contributed by atoms with Crippen LogP contribution >= 0.6 is 0 Å². The first-order valence-electron chi connectivity index (χ1n) is 12.1. The van der Waals surface area contributed by atoms with Gasteiger partial charge >= 0.3 is 0 Å². The molecule has 4 aromatic rings. The fourth-order valence-electron chi connectivity index (χ4n) is 4.21. The molecule has 1 amide bonds. The van der Waals surface area contributed by atoms with Crippen molar-refractivity contribution in [2.75, 3.05) is 17.8 Å². The van der Waals surface area contributed by atoms with E-state index in [9.17, 15) is 9.00 Å². The Labute approximate surface area is 218 Å². The average Bonchev–Trinajstić information content (AvgIpc) is 3.38. The van der Waals surface area contributed by atoms with Crippen molar-refractivity contribution in [3.05, 3.63) is 78.2 Å². The van der Waals surface area contributed by atoms with Gasteiger partial charge in [-0.2, -0.15) is 4.98 Å². The highest BCUT2D eigenvalue weighted by Crippen LogP contribution is 2.34. The molecule has 5 rings (SSSR count). The van der Waals surface area contributed by atoms with Crippen molar-refractivity contribution in [1.82, 2.24) is 10.1 Å². The molecule has 190 valence electrons. The Kier molecular flexibility index (Phi) is 6.69. The van der Waals surface area contributed by atoms with E-state index in [1.54, 1.807) is 12.0 Å². The van der Waals surface area contributed by atoms with E-state index >= 15 is 0 Å². The van der Waals surface area contributed by atoms with Gasteiger partial charge in [-0.05, 0) is 47.0 Å². The minimum Gasteiger partial charge on any atom is -0.497 e. The molecule has 1 aliphatic rings. The highest BCUT2D eigenvalue weighted by molar-refractivity contribution is 7.85. The van der Waals surface area contributed by atoms with E-state index in [2.05, 4.69) is 10.1 Å². The average molecular weight is 516 g/mol. The van der Waals surface area contributed by atoms with Crippen LogP contribution in [0.3, 0.4) is 0 Å². The van der Waals surface area contributed by atoms with Crippen LogP contribution in [-0.2, 0) is 27.6 Å². The summed E-state index contributed by atoms with van der Waals surface area (Å²) in [5.74, 6) is 2.02. The van der Waals surface area contributed by atoms with Crippen molar-refractivity contribution in [2.45, 2.75) is 44.0 Å². The molecule has 0 saturated heterocycles. The van der Waals surface area contributed by atoms with Gasteiger partial charge in [0.1, 0.15) is 5.75 Å². The third-order valence-electron chi connectivity index (χ3n) is 6.34. The summed E-state index contributed by atoms with van der Waals surface area (Å²) < 4.78 is 23.7. The number of amides is 1. The number of carbonyl (C=O) groups is 1. The number of methoxy groups -OCH3 is 1. The number of fused-ring (bicyclic) bond motifs is 1. The van der Waals surface area contributed by atoms with Crippen molar-refractivity contribution < 1.29 is 18.3 Å². The number of hydrogen-bond acceptors (Lipinski definition) is 6. The van der Waals surface area contributed by atoms with Gasteiger partial charge in [-0.3, -0.25) is 9.00 Å². The molecule has 1 aliphatic heterocycles. The number of benzene rings is 3. The zero-order valence-electron chi connectivity index (χ0n) is 21.4. The second-order valence-corrected chi connectivity index (χ2v) is 11.6. The second kappa shape index (κ2) is 9.94. The maximum atomic E-state index is 13.2. The van der Waals surface area contributed by atoms with Gasteiger partial charge in [-0.25, -0.2) is 0 Å². The van der Waals surface area contributed by atoms with Gasteiger partial charge < -0.3 is 14.2 Å². The number of ether oxygens (including phenoxy) is 1. The first-order valence-corrected chi connectivity index (χ1v) is 13.5. The second-order valence-electron chi connectivity index (χ2n) is 10.1. The molecule has 1 aromatic heterocycles. The van der Waals surface area contributed by atoms with Crippen LogP contribution in [0.5, 0.6) is 5.75 Å². The fraction of sp³-hybridized carbons (Fsp3) is 0.276. The van der Waals surface area contributed by atoms with Crippen LogP contribution in [0, 0.1) is 0 Å². The van der Waals surface area contributed by atoms with E-state index < -0.39 is 10.8 Å². The molecule has 0 N–H and O–H groups in total. The Morgan fingerprint density at radius 3 is 2.24 bits per heavy atom. The monoisotopic (exact) mass is 515 g/mol. The Bertz CT molecular complexity index is 1450. The Morgan fingerprint density at radius 2 is 1.62 bits per heavy atom. The molecule has 8 heteroatoms. The van der Waals surface area contributed by atoms with Crippen LogP contribution < -0.4 is 9.64 Å². The smallest absolute Gasteiger partial charge is 0.232 e. The van der Waals surface area contributed by atoms with Gasteiger partial charge in [0, 0.05) is 23.2 Å². The molecule has 0 radical (unpaired) electrons. The third-order valence-corrected chi connectivity index (χ3v) is 7.75. The summed E-state index contributed by atoms with van der Waals surface area (Å²) in [7, 11) is 0.375. The zero-order valence-corrected chi connectivity index (χ0v) is 22.2. The van der Waals surface area contributed by atoms with Gasteiger partial charge in [0.2, 0.25) is 17.6 Å². The highest BCUT2D eigenvalue weighted by Gasteiger charge is 2.28. The Hall–Kier alpha value is -3.78. The highest BCUT2D eigenvalue weighted by atomic mass is 32.2. The molecule has 1 unspecified atom stereocenters. The molecule has 1 atom stereocenters. The topological polar surface area (TPSA) is 85.5 Å². The molecular formula is C29H29N3O4S. The molecule has 3 aromatic carbocycles. The summed E-state index contributed by atoms with van der Waals surface area (Å²) in [6.07, 6.45) is 0.219. The molecule has 0 fully saturated rings. The lowest BCUT2D eigenvalue weighted by Crippen LogP contribution is -2.29. The van der Waals surface area contributed by atoms with Gasteiger partial charge in [0.05, 0.1) is 35.0 Å². The van der Waals surface area contributed by atoms with Gasteiger partial charge in [0.15, 0.2) is 0 Å². The van der Waals surface area contributed by atoms with Gasteiger partial charge in [-0.15, -0.1) is 0 Å². The van der Waals surface area contributed by atoms with Crippen molar-refractivity contribution >= 4 is 22.4 Å². The van der Waals surface area contributed by atoms with Crippen LogP contribution in [0.25, 0.3) is 22.5 Å². The van der Waals surface area contributed by atoms with Crippen LogP contribution in [0.4, 0.5) is 5.69 Å². The largest absolute Gasteiger partial charge is 0.497 e. The first kappa shape index (κ1) is 24.9. The molecule has 0 bridgehead atoms. The van der Waals surface area contributed by atoms with Gasteiger partial charge in [0.25, 0.3) is 0 Å². The lowest BCUT2D eigenvalue weighted by Gasteiger charge is -2.23. The van der Waals surface area contributed by atoms with E-state index in [1.165, 1.54) is 0 Å². The third kappa shape index (κ3) is 5.20. The van der Waals surface area contributed by atoms with E-state index in [0.29, 0.717) is 40.2 Å². The standard InChI is InChI=1S/C29H29N3O4S/c1-29(2,3)28-30-27(31-36-28)22-11-14-25-24(17-22)32(26(33)15-16-37(25)34)18-19-5-7-20(8-6-19)21-9-12-23(35-4)13-10-21/h5-14,17H,15-16,18H2,1-4H3. The maximum Gasteiger partial charge on any atom is 0.232 e. The van der Waals surface area contributed by atoms with Crippen LogP contribution in [-0.4, -0.2) is 33.1 Å². The van der Waals surface area contributed by atoms with Crippen LogP contribution in [0.15, 0.2) is 76.1 Å². The molecule has 37 heavy (non-hydrogen) atoms. The number of anilines is 1. The summed E-state index contributed by atoms with van der Waals surface area (Å²) in [6, 6.07) is 21.5. The van der Waals surface area contributed by atoms with Crippen molar-refractivity contribution in [1.29, 1.82) is 0 Å². The molecular weight excluding hydrogens is 486 g/mol. The quantitative estimate of drug-likeness (QED) is 0.336. The summed E-state index contributed by atoms with van der Waals surface area (Å²) in [5, 5.41) is 4.15. The number of aromatic nitrogens is 2. The van der Waals surface area contributed by atoms with Crippen LogP contribution in [0.2, 0.25) is 0 Å². The summed E-state index contributed by atoms with van der Waals surface area (Å²) in [6.45, 7) is 6.38. The number of hydrogen-bond donors (Lipinski definition) is 0. The summed E-state index contributed by atoms with van der Waals surface area (Å²) in [5.41, 5.74) is 4.19. The predicted molar refractivity (Wildman–Crippen MR) is 144 cm³/mol. The lowest BCUT2D eigenvalue weighted by molar-refractivity contribution is -0.118. The number of rotatable bonds is 5. The van der Waals surface area contributed by atoms with Crippen LogP contribution in [0.1, 0.15) is 38.6 Å². The first-order chi connectivity index (χ1) is 17.7. The fourth-order valence-corrected chi connectivity index (χ4v) is 5.41. The van der Waals surface area contributed by atoms with E-state index in [4.69, 9.17) is 9.26 Å². The molecule has 0 saturated carbocycles. The van der Waals surface area contributed by atoms with Crippen molar-refractivity contribution in [2.24, 2.45) is 0 Å². The predicted octanol–water partition coefficient (Wildman–Crippen LogP) is 5.75.